The first-order chi connectivity index (χ1) is 10.8. The molecule has 2 aromatic rings. The maximum absolute atomic E-state index is 6.55. The van der Waals surface area contributed by atoms with Crippen LogP contribution in [0.5, 0.6) is 0 Å². The summed E-state index contributed by atoms with van der Waals surface area (Å²) < 4.78 is -0.783. The Hall–Kier alpha value is -1.31. The molecule has 1 saturated carbocycles. The van der Waals surface area contributed by atoms with Crippen molar-refractivity contribution in [3.8, 4) is 0 Å². The second-order valence-electron chi connectivity index (χ2n) is 6.77. The van der Waals surface area contributed by atoms with E-state index in [-0.39, 0.29) is 11.0 Å². The Morgan fingerprint density at radius 2 is 1.43 bits per heavy atom. The van der Waals surface area contributed by atoms with Crippen molar-refractivity contribution in [1.29, 1.82) is 0 Å². The van der Waals surface area contributed by atoms with Crippen LogP contribution in [0.25, 0.3) is 0 Å². The van der Waals surface area contributed by atoms with Gasteiger partial charge in [0.15, 0.2) is 0 Å². The van der Waals surface area contributed by atoms with E-state index >= 15 is 0 Å². The van der Waals surface area contributed by atoms with Crippen molar-refractivity contribution in [2.24, 2.45) is 4.99 Å². The van der Waals surface area contributed by atoms with Gasteiger partial charge in [0.05, 0.1) is 11.0 Å². The third kappa shape index (κ3) is 2.81. The molecule has 23 heavy (non-hydrogen) atoms. The summed E-state index contributed by atoms with van der Waals surface area (Å²) in [6.07, 6.45) is 0.702. The molecule has 1 fully saturated rings. The fourth-order valence-corrected chi connectivity index (χ4v) is 4.24. The van der Waals surface area contributed by atoms with Crippen LogP contribution in [-0.2, 0) is 11.0 Å². The summed E-state index contributed by atoms with van der Waals surface area (Å²) in [5, 5.41) is 0. The predicted molar refractivity (Wildman–Crippen MR) is 99.8 cm³/mol. The van der Waals surface area contributed by atoms with Crippen molar-refractivity contribution < 1.29 is 0 Å². The normalized spacial score (nSPS) is 23.6. The molecule has 0 aromatic heterocycles. The van der Waals surface area contributed by atoms with Crippen LogP contribution in [0.1, 0.15) is 38.3 Å². The average molecular weight is 346 g/mol. The molecular weight excluding hydrogens is 325 g/mol. The average Bonchev–Trinajstić information content (AvgIpc) is 3.13. The van der Waals surface area contributed by atoms with Gasteiger partial charge in [0.2, 0.25) is 0 Å². The van der Waals surface area contributed by atoms with Crippen LogP contribution in [0.2, 0.25) is 0 Å². The second-order valence-corrected chi connectivity index (χ2v) is 8.26. The number of hydrogen-bond acceptors (Lipinski definition) is 1. The number of benzene rings is 2. The molecule has 0 saturated heterocycles. The zero-order valence-electron chi connectivity index (χ0n) is 13.7. The maximum atomic E-state index is 6.55. The Morgan fingerprint density at radius 1 is 0.957 bits per heavy atom. The van der Waals surface area contributed by atoms with Crippen molar-refractivity contribution in [2.45, 2.75) is 42.5 Å². The quantitative estimate of drug-likeness (QED) is 0.483. The second kappa shape index (κ2) is 5.65. The topological polar surface area (TPSA) is 12.4 Å². The Labute approximate surface area is 148 Å². The predicted octanol–water partition coefficient (Wildman–Crippen LogP) is 5.90. The van der Waals surface area contributed by atoms with E-state index in [1.54, 1.807) is 0 Å². The Kier molecular flexibility index (Phi) is 4.06. The SMILES string of the molecule is CC(=NC(C)(C)c1ccccc1)C1(c2ccccc2)CC1(Cl)Cl. The van der Waals surface area contributed by atoms with Gasteiger partial charge < -0.3 is 0 Å². The largest absolute Gasteiger partial charge is 0.283 e. The lowest BCUT2D eigenvalue weighted by Gasteiger charge is -2.26. The van der Waals surface area contributed by atoms with Crippen molar-refractivity contribution >= 4 is 28.9 Å². The molecule has 2 aromatic carbocycles. The minimum absolute atomic E-state index is 0.320. The highest BCUT2D eigenvalue weighted by Gasteiger charge is 2.69. The van der Waals surface area contributed by atoms with E-state index in [0.717, 1.165) is 11.3 Å². The highest BCUT2D eigenvalue weighted by molar-refractivity contribution is 6.54. The van der Waals surface area contributed by atoms with Crippen LogP contribution in [0.15, 0.2) is 65.7 Å². The molecular formula is C20H21Cl2N. The van der Waals surface area contributed by atoms with Gasteiger partial charge in [-0.1, -0.05) is 60.7 Å². The summed E-state index contributed by atoms with van der Waals surface area (Å²) >= 11 is 13.1. The molecule has 0 amide bonds. The summed E-state index contributed by atoms with van der Waals surface area (Å²) in [7, 11) is 0. The van der Waals surface area contributed by atoms with Crippen LogP contribution in [0.3, 0.4) is 0 Å². The van der Waals surface area contributed by atoms with Crippen molar-refractivity contribution in [3.63, 3.8) is 0 Å². The van der Waals surface area contributed by atoms with E-state index in [4.69, 9.17) is 28.2 Å². The summed E-state index contributed by atoms with van der Waals surface area (Å²) in [5.41, 5.74) is 2.60. The minimum Gasteiger partial charge on any atom is -0.283 e. The Morgan fingerprint density at radius 3 is 1.91 bits per heavy atom. The number of aliphatic imine (C=N–C) groups is 1. The van der Waals surface area contributed by atoms with Gasteiger partial charge in [-0.15, -0.1) is 23.2 Å². The lowest BCUT2D eigenvalue weighted by atomic mass is 9.89. The molecule has 1 unspecified atom stereocenters. The van der Waals surface area contributed by atoms with Gasteiger partial charge in [0.1, 0.15) is 4.33 Å². The third-order valence-electron chi connectivity index (χ3n) is 4.80. The molecule has 0 N–H and O–H groups in total. The van der Waals surface area contributed by atoms with Gasteiger partial charge in [0, 0.05) is 5.71 Å². The summed E-state index contributed by atoms with van der Waals surface area (Å²) in [6, 6.07) is 20.5. The van der Waals surface area contributed by atoms with E-state index in [2.05, 4.69) is 38.1 Å². The molecule has 0 aliphatic heterocycles. The fourth-order valence-electron chi connectivity index (χ4n) is 3.35. The summed E-state index contributed by atoms with van der Waals surface area (Å²) in [6.45, 7) is 6.29. The van der Waals surface area contributed by atoms with Gasteiger partial charge in [-0.3, -0.25) is 4.99 Å². The Balaban J connectivity index is 2.03. The number of nitrogens with zero attached hydrogens (tertiary/aromatic N) is 1. The van der Waals surface area contributed by atoms with E-state index < -0.39 is 4.33 Å². The van der Waals surface area contributed by atoms with Crippen LogP contribution < -0.4 is 0 Å². The van der Waals surface area contributed by atoms with Crippen LogP contribution >= 0.6 is 23.2 Å². The van der Waals surface area contributed by atoms with Crippen LogP contribution in [0, 0.1) is 0 Å². The minimum atomic E-state index is -0.783. The van der Waals surface area contributed by atoms with Gasteiger partial charge >= 0.3 is 0 Å². The smallest absolute Gasteiger partial charge is 0.134 e. The number of hydrogen-bond donors (Lipinski definition) is 0. The van der Waals surface area contributed by atoms with Crippen LogP contribution in [-0.4, -0.2) is 10.0 Å². The molecule has 0 spiro atoms. The number of halogens is 2. The first kappa shape index (κ1) is 16.5. The van der Waals surface area contributed by atoms with Crippen molar-refractivity contribution in [1.82, 2.24) is 0 Å². The molecule has 0 heterocycles. The highest BCUT2D eigenvalue weighted by atomic mass is 35.5. The molecule has 120 valence electrons. The molecule has 0 radical (unpaired) electrons. The van der Waals surface area contributed by atoms with Crippen molar-refractivity contribution in [2.75, 3.05) is 0 Å². The molecule has 0 bridgehead atoms. The first-order valence-corrected chi connectivity index (χ1v) is 8.61. The van der Waals surface area contributed by atoms with Gasteiger partial charge in [-0.05, 0) is 38.3 Å². The summed E-state index contributed by atoms with van der Waals surface area (Å²) in [5.74, 6) is 0. The third-order valence-corrected chi connectivity index (χ3v) is 5.71. The highest BCUT2D eigenvalue weighted by Crippen LogP contribution is 2.65. The lowest BCUT2D eigenvalue weighted by molar-refractivity contribution is 0.553. The zero-order chi connectivity index (χ0) is 16.7. The Bertz CT molecular complexity index is 720. The van der Waals surface area contributed by atoms with Crippen molar-refractivity contribution in [3.05, 3.63) is 71.8 Å². The van der Waals surface area contributed by atoms with E-state index in [1.165, 1.54) is 5.56 Å². The standard InChI is InChI=1S/C20H21Cl2N/c1-15(23-18(2,3)16-10-6-4-7-11-16)19(14-20(19,21)22)17-12-8-5-9-13-17/h4-13H,14H2,1-3H3. The molecule has 1 nitrogen and oxygen atoms in total. The lowest BCUT2D eigenvalue weighted by Crippen LogP contribution is -2.28. The molecule has 3 rings (SSSR count). The van der Waals surface area contributed by atoms with Gasteiger partial charge in [-0.25, -0.2) is 0 Å². The fraction of sp³-hybridized carbons (Fsp3) is 0.350. The zero-order valence-corrected chi connectivity index (χ0v) is 15.2. The number of rotatable bonds is 4. The van der Waals surface area contributed by atoms with Crippen LogP contribution in [0.4, 0.5) is 0 Å². The number of alkyl halides is 2. The van der Waals surface area contributed by atoms with E-state index in [1.807, 2.05) is 43.3 Å². The molecule has 1 atom stereocenters. The molecule has 3 heteroatoms. The van der Waals surface area contributed by atoms with Gasteiger partial charge in [0.25, 0.3) is 0 Å². The molecule has 1 aliphatic carbocycles. The van der Waals surface area contributed by atoms with E-state index in [9.17, 15) is 0 Å². The monoisotopic (exact) mass is 345 g/mol. The van der Waals surface area contributed by atoms with Gasteiger partial charge in [-0.2, -0.15) is 0 Å². The summed E-state index contributed by atoms with van der Waals surface area (Å²) in [4.78, 5) is 5.03. The van der Waals surface area contributed by atoms with E-state index in [0.29, 0.717) is 6.42 Å². The maximum Gasteiger partial charge on any atom is 0.134 e. The molecule has 1 aliphatic rings. The first-order valence-electron chi connectivity index (χ1n) is 7.85.